The number of hydrogen-bond donors (Lipinski definition) is 1. The van der Waals surface area contributed by atoms with E-state index in [1.54, 1.807) is 36.1 Å². The normalized spacial score (nSPS) is 11.8. The zero-order chi connectivity index (χ0) is 21.6. The van der Waals surface area contributed by atoms with Crippen LogP contribution in [-0.2, 0) is 4.79 Å². The molecule has 2 rings (SSSR count). The predicted molar refractivity (Wildman–Crippen MR) is 118 cm³/mol. The topological polar surface area (TPSA) is 58.6 Å². The lowest BCUT2D eigenvalue weighted by atomic mass is 9.98. The molecule has 156 valence electrons. The molecule has 5 nitrogen and oxygen atoms in total. The molecule has 0 heterocycles. The SMILES string of the molecule is CCN(CC)C(=O)c1cccc(NC(=O)C(C)Oc2ccc(C(C)C)c(C)c2)c1. The van der Waals surface area contributed by atoms with Crippen molar-refractivity contribution in [3.05, 3.63) is 59.2 Å². The van der Waals surface area contributed by atoms with Crippen LogP contribution in [0.15, 0.2) is 42.5 Å². The van der Waals surface area contributed by atoms with E-state index in [9.17, 15) is 9.59 Å². The first-order valence-electron chi connectivity index (χ1n) is 10.2. The standard InChI is InChI=1S/C24H32N2O3/c1-7-26(8-2)24(28)19-10-9-11-20(15-19)25-23(27)18(6)29-21-12-13-22(16(3)4)17(5)14-21/h9-16,18H,7-8H2,1-6H3,(H,25,27). The van der Waals surface area contributed by atoms with Crippen LogP contribution < -0.4 is 10.1 Å². The van der Waals surface area contributed by atoms with Gasteiger partial charge in [-0.05, 0) is 75.1 Å². The number of carbonyl (C=O) groups is 2. The largest absolute Gasteiger partial charge is 0.481 e. The summed E-state index contributed by atoms with van der Waals surface area (Å²) >= 11 is 0. The molecule has 2 amide bonds. The van der Waals surface area contributed by atoms with Gasteiger partial charge in [0, 0.05) is 24.3 Å². The van der Waals surface area contributed by atoms with E-state index in [-0.39, 0.29) is 11.8 Å². The predicted octanol–water partition coefficient (Wildman–Crippen LogP) is 5.01. The lowest BCUT2D eigenvalue weighted by Crippen LogP contribution is -2.31. The van der Waals surface area contributed by atoms with Crippen LogP contribution in [0.1, 0.15) is 62.0 Å². The number of anilines is 1. The van der Waals surface area contributed by atoms with Crippen molar-refractivity contribution in [3.8, 4) is 5.75 Å². The highest BCUT2D eigenvalue weighted by Gasteiger charge is 2.17. The Labute approximate surface area is 174 Å². The summed E-state index contributed by atoms with van der Waals surface area (Å²) in [7, 11) is 0. The van der Waals surface area contributed by atoms with Gasteiger partial charge in [-0.25, -0.2) is 0 Å². The second-order valence-electron chi connectivity index (χ2n) is 7.48. The Morgan fingerprint density at radius 2 is 1.72 bits per heavy atom. The number of rotatable bonds is 8. The third kappa shape index (κ3) is 5.83. The highest BCUT2D eigenvalue weighted by molar-refractivity contribution is 5.98. The van der Waals surface area contributed by atoms with Gasteiger partial charge in [0.1, 0.15) is 5.75 Å². The quantitative estimate of drug-likeness (QED) is 0.683. The van der Waals surface area contributed by atoms with Gasteiger partial charge in [0.15, 0.2) is 6.10 Å². The molecule has 0 aliphatic heterocycles. The summed E-state index contributed by atoms with van der Waals surface area (Å²) in [4.78, 5) is 26.8. The minimum Gasteiger partial charge on any atom is -0.481 e. The van der Waals surface area contributed by atoms with Gasteiger partial charge in [-0.1, -0.05) is 26.0 Å². The number of hydrogen-bond acceptors (Lipinski definition) is 3. The fourth-order valence-corrected chi connectivity index (χ4v) is 3.29. The second kappa shape index (κ2) is 10.1. The third-order valence-corrected chi connectivity index (χ3v) is 4.97. The molecule has 0 radical (unpaired) electrons. The molecule has 0 aliphatic carbocycles. The Morgan fingerprint density at radius 1 is 1.03 bits per heavy atom. The Hall–Kier alpha value is -2.82. The summed E-state index contributed by atoms with van der Waals surface area (Å²) in [6.45, 7) is 13.2. The van der Waals surface area contributed by atoms with Gasteiger partial charge in [0.2, 0.25) is 0 Å². The molecule has 2 aromatic rings. The molecule has 29 heavy (non-hydrogen) atoms. The Bertz CT molecular complexity index is 857. The van der Waals surface area contributed by atoms with E-state index in [2.05, 4.69) is 19.2 Å². The van der Waals surface area contributed by atoms with Crippen LogP contribution in [0.3, 0.4) is 0 Å². The lowest BCUT2D eigenvalue weighted by Gasteiger charge is -2.19. The molecule has 1 atom stereocenters. The molecule has 0 saturated heterocycles. The average molecular weight is 397 g/mol. The van der Waals surface area contributed by atoms with E-state index in [4.69, 9.17) is 4.74 Å². The molecule has 0 aliphatic rings. The minimum absolute atomic E-state index is 0.0453. The zero-order valence-electron chi connectivity index (χ0n) is 18.3. The Kier molecular flexibility index (Phi) is 7.82. The molecule has 1 N–H and O–H groups in total. The Morgan fingerprint density at radius 3 is 2.31 bits per heavy atom. The van der Waals surface area contributed by atoms with Crippen LogP contribution in [0.4, 0.5) is 5.69 Å². The van der Waals surface area contributed by atoms with Crippen LogP contribution in [0.5, 0.6) is 5.75 Å². The molecule has 0 spiro atoms. The van der Waals surface area contributed by atoms with E-state index in [0.717, 1.165) is 5.56 Å². The number of ether oxygens (including phenoxy) is 1. The van der Waals surface area contributed by atoms with Gasteiger partial charge in [0.05, 0.1) is 0 Å². The molecular weight excluding hydrogens is 364 g/mol. The van der Waals surface area contributed by atoms with Crippen molar-refractivity contribution in [2.24, 2.45) is 0 Å². The van der Waals surface area contributed by atoms with Crippen molar-refractivity contribution < 1.29 is 14.3 Å². The van der Waals surface area contributed by atoms with Gasteiger partial charge in [0.25, 0.3) is 11.8 Å². The molecule has 5 heteroatoms. The smallest absolute Gasteiger partial charge is 0.265 e. The van der Waals surface area contributed by atoms with Crippen LogP contribution >= 0.6 is 0 Å². The van der Waals surface area contributed by atoms with E-state index >= 15 is 0 Å². The van der Waals surface area contributed by atoms with Gasteiger partial charge in [-0.2, -0.15) is 0 Å². The van der Waals surface area contributed by atoms with Crippen LogP contribution in [0.25, 0.3) is 0 Å². The number of benzene rings is 2. The van der Waals surface area contributed by atoms with Crippen LogP contribution in [-0.4, -0.2) is 35.9 Å². The second-order valence-corrected chi connectivity index (χ2v) is 7.48. The summed E-state index contributed by atoms with van der Waals surface area (Å²) in [6, 6.07) is 12.9. The highest BCUT2D eigenvalue weighted by atomic mass is 16.5. The zero-order valence-corrected chi connectivity index (χ0v) is 18.3. The maximum absolute atomic E-state index is 12.6. The van der Waals surface area contributed by atoms with Gasteiger partial charge < -0.3 is 15.0 Å². The van der Waals surface area contributed by atoms with Gasteiger partial charge >= 0.3 is 0 Å². The summed E-state index contributed by atoms with van der Waals surface area (Å²) < 4.78 is 5.83. The molecule has 0 fully saturated rings. The van der Waals surface area contributed by atoms with Gasteiger partial charge in [-0.3, -0.25) is 9.59 Å². The number of nitrogens with one attached hydrogen (secondary N) is 1. The Balaban J connectivity index is 2.05. The van der Waals surface area contributed by atoms with Crippen molar-refractivity contribution in [1.29, 1.82) is 0 Å². The lowest BCUT2D eigenvalue weighted by molar-refractivity contribution is -0.122. The van der Waals surface area contributed by atoms with E-state index in [1.165, 1.54) is 5.56 Å². The minimum atomic E-state index is -0.665. The molecule has 0 saturated carbocycles. The van der Waals surface area contributed by atoms with Crippen LogP contribution in [0, 0.1) is 6.92 Å². The van der Waals surface area contributed by atoms with E-state index < -0.39 is 6.10 Å². The fourth-order valence-electron chi connectivity index (χ4n) is 3.29. The monoisotopic (exact) mass is 396 g/mol. The molecule has 0 bridgehead atoms. The van der Waals surface area contributed by atoms with Crippen molar-refractivity contribution in [2.45, 2.75) is 53.6 Å². The molecule has 0 aromatic heterocycles. The fraction of sp³-hybridized carbons (Fsp3) is 0.417. The maximum atomic E-state index is 12.6. The first kappa shape index (κ1) is 22.5. The summed E-state index contributed by atoms with van der Waals surface area (Å²) in [6.07, 6.45) is -0.665. The number of nitrogens with zero attached hydrogens (tertiary/aromatic N) is 1. The van der Waals surface area contributed by atoms with Crippen molar-refractivity contribution >= 4 is 17.5 Å². The maximum Gasteiger partial charge on any atom is 0.265 e. The summed E-state index contributed by atoms with van der Waals surface area (Å²) in [5.41, 5.74) is 3.55. The average Bonchev–Trinajstić information content (AvgIpc) is 2.68. The number of carbonyl (C=O) groups excluding carboxylic acids is 2. The number of aryl methyl sites for hydroxylation is 1. The van der Waals surface area contributed by atoms with Crippen molar-refractivity contribution in [3.63, 3.8) is 0 Å². The van der Waals surface area contributed by atoms with E-state index in [1.807, 2.05) is 39.0 Å². The molecular formula is C24H32N2O3. The summed E-state index contributed by atoms with van der Waals surface area (Å²) in [5, 5.41) is 2.84. The molecule has 2 aromatic carbocycles. The summed E-state index contributed by atoms with van der Waals surface area (Å²) in [5.74, 6) is 0.801. The van der Waals surface area contributed by atoms with E-state index in [0.29, 0.717) is 36.0 Å². The highest BCUT2D eigenvalue weighted by Crippen LogP contribution is 2.24. The third-order valence-electron chi connectivity index (χ3n) is 4.97. The number of amides is 2. The first-order chi connectivity index (χ1) is 13.8. The first-order valence-corrected chi connectivity index (χ1v) is 10.2. The van der Waals surface area contributed by atoms with Gasteiger partial charge in [-0.15, -0.1) is 0 Å². The van der Waals surface area contributed by atoms with Crippen LogP contribution in [0.2, 0.25) is 0 Å². The van der Waals surface area contributed by atoms with Crippen molar-refractivity contribution in [2.75, 3.05) is 18.4 Å². The molecule has 1 unspecified atom stereocenters. The van der Waals surface area contributed by atoms with Crippen molar-refractivity contribution in [1.82, 2.24) is 4.90 Å².